The molecule has 0 amide bonds. The molecule has 0 spiro atoms. The second-order valence-electron chi connectivity index (χ2n) is 4.09. The molecule has 1 heterocycles. The molecule has 0 radical (unpaired) electrons. The minimum Gasteiger partial charge on any atom is -1.00 e. The maximum absolute atomic E-state index is 2.17. The molecule has 0 aliphatic carbocycles. The second kappa shape index (κ2) is 6.60. The molecule has 0 fully saturated rings. The Morgan fingerprint density at radius 2 is 0.895 bits per heavy atom. The van der Waals surface area contributed by atoms with Crippen molar-refractivity contribution in [2.45, 2.75) is 0 Å². The van der Waals surface area contributed by atoms with E-state index in [9.17, 15) is 0 Å². The SMILES string of the molecule is [Br-].c1ccc(-c2cccc(-c3ccccc3)[s+]2)cc1. The summed E-state index contributed by atoms with van der Waals surface area (Å²) in [5, 5.41) is 0. The minimum atomic E-state index is 0. The van der Waals surface area contributed by atoms with Crippen molar-refractivity contribution in [3.8, 4) is 20.9 Å². The van der Waals surface area contributed by atoms with Gasteiger partial charge >= 0.3 is 0 Å². The Kier molecular flexibility index (Phi) is 4.83. The van der Waals surface area contributed by atoms with Gasteiger partial charge in [-0.1, -0.05) is 42.5 Å². The Morgan fingerprint density at radius 1 is 0.474 bits per heavy atom. The molecule has 19 heavy (non-hydrogen) atoms. The topological polar surface area (TPSA) is 0 Å². The Balaban J connectivity index is 0.00000133. The highest BCUT2D eigenvalue weighted by atomic mass is 79.9. The first-order chi connectivity index (χ1) is 8.93. The molecular weight excluding hydrogens is 316 g/mol. The molecule has 3 rings (SSSR count). The van der Waals surface area contributed by atoms with Gasteiger partial charge in [0.25, 0.3) is 0 Å². The number of halogens is 1. The Bertz CT molecular complexity index is 581. The van der Waals surface area contributed by atoms with Gasteiger partial charge in [0.15, 0.2) is 0 Å². The summed E-state index contributed by atoms with van der Waals surface area (Å²) in [6.45, 7) is 0. The molecule has 0 aliphatic heterocycles. The van der Waals surface area contributed by atoms with Crippen LogP contribution in [-0.4, -0.2) is 0 Å². The lowest BCUT2D eigenvalue weighted by Gasteiger charge is -1.94. The van der Waals surface area contributed by atoms with Crippen molar-refractivity contribution in [1.29, 1.82) is 0 Å². The fourth-order valence-electron chi connectivity index (χ4n) is 1.92. The quantitative estimate of drug-likeness (QED) is 0.633. The normalized spacial score (nSPS) is 9.68. The Labute approximate surface area is 128 Å². The third-order valence-electron chi connectivity index (χ3n) is 2.83. The first kappa shape index (κ1) is 13.9. The van der Waals surface area contributed by atoms with Crippen LogP contribution in [0.2, 0.25) is 0 Å². The van der Waals surface area contributed by atoms with Gasteiger partial charge in [-0.25, -0.2) is 0 Å². The minimum absolute atomic E-state index is 0. The predicted molar refractivity (Wildman–Crippen MR) is 79.6 cm³/mol. The summed E-state index contributed by atoms with van der Waals surface area (Å²) in [5.41, 5.74) is 2.56. The third kappa shape index (κ3) is 3.28. The van der Waals surface area contributed by atoms with E-state index >= 15 is 0 Å². The average molecular weight is 329 g/mol. The van der Waals surface area contributed by atoms with Crippen LogP contribution < -0.4 is 17.0 Å². The lowest BCUT2D eigenvalue weighted by Crippen LogP contribution is -3.00. The van der Waals surface area contributed by atoms with Crippen molar-refractivity contribution in [1.82, 2.24) is 0 Å². The highest BCUT2D eigenvalue weighted by Gasteiger charge is 2.14. The van der Waals surface area contributed by atoms with E-state index in [1.807, 2.05) is 11.3 Å². The Hall–Kier alpha value is -1.51. The van der Waals surface area contributed by atoms with Crippen LogP contribution in [0.3, 0.4) is 0 Å². The number of hydrogen-bond acceptors (Lipinski definition) is 0. The van der Waals surface area contributed by atoms with Gasteiger partial charge in [-0.2, -0.15) is 0 Å². The van der Waals surface area contributed by atoms with E-state index < -0.39 is 0 Å². The monoisotopic (exact) mass is 328 g/mol. The van der Waals surface area contributed by atoms with Crippen LogP contribution in [0, 0.1) is 0 Å². The van der Waals surface area contributed by atoms with Crippen LogP contribution in [0.4, 0.5) is 0 Å². The highest BCUT2D eigenvalue weighted by molar-refractivity contribution is 7.18. The molecule has 0 unspecified atom stereocenters. The van der Waals surface area contributed by atoms with E-state index in [0.717, 1.165) is 0 Å². The molecule has 0 aliphatic rings. The summed E-state index contributed by atoms with van der Waals surface area (Å²) in [6.07, 6.45) is 0. The largest absolute Gasteiger partial charge is 1.00 e. The van der Waals surface area contributed by atoms with Crippen molar-refractivity contribution >= 4 is 11.3 Å². The van der Waals surface area contributed by atoms with E-state index in [2.05, 4.69) is 78.9 Å². The zero-order chi connectivity index (χ0) is 12.2. The summed E-state index contributed by atoms with van der Waals surface area (Å²) in [6, 6.07) is 27.5. The zero-order valence-corrected chi connectivity index (χ0v) is 12.7. The van der Waals surface area contributed by atoms with Crippen LogP contribution in [0.25, 0.3) is 20.9 Å². The van der Waals surface area contributed by atoms with E-state index in [4.69, 9.17) is 0 Å². The van der Waals surface area contributed by atoms with E-state index in [1.54, 1.807) is 0 Å². The van der Waals surface area contributed by atoms with Gasteiger partial charge in [-0.05, 0) is 24.3 Å². The summed E-state index contributed by atoms with van der Waals surface area (Å²) >= 11 is 1.83. The second-order valence-corrected chi connectivity index (χ2v) is 5.17. The highest BCUT2D eigenvalue weighted by Crippen LogP contribution is 2.31. The molecular formula is C17H13BrS. The van der Waals surface area contributed by atoms with Gasteiger partial charge in [-0.3, -0.25) is 0 Å². The van der Waals surface area contributed by atoms with Crippen molar-refractivity contribution in [3.63, 3.8) is 0 Å². The maximum atomic E-state index is 2.17. The average Bonchev–Trinajstić information content (AvgIpc) is 2.49. The van der Waals surface area contributed by atoms with E-state index in [-0.39, 0.29) is 17.0 Å². The number of hydrogen-bond donors (Lipinski definition) is 0. The standard InChI is InChI=1S/C17H13S.BrH/c1-3-8-14(9-4-1)16-12-7-13-17(18-16)15-10-5-2-6-11-15;/h1-13H;1H/q+1;/p-1. The first-order valence-electron chi connectivity index (χ1n) is 5.97. The van der Waals surface area contributed by atoms with Crippen LogP contribution in [0.1, 0.15) is 0 Å². The first-order valence-corrected chi connectivity index (χ1v) is 6.79. The van der Waals surface area contributed by atoms with Gasteiger partial charge in [0.2, 0.25) is 21.1 Å². The lowest BCUT2D eigenvalue weighted by molar-refractivity contribution is -0.00000335. The smallest absolute Gasteiger partial charge is 0.238 e. The summed E-state index contributed by atoms with van der Waals surface area (Å²) in [7, 11) is 0. The molecule has 1 aromatic heterocycles. The molecule has 3 aromatic rings. The van der Waals surface area contributed by atoms with Gasteiger partial charge in [0.1, 0.15) is 0 Å². The van der Waals surface area contributed by atoms with Crippen LogP contribution >= 0.6 is 11.3 Å². The number of benzene rings is 2. The Morgan fingerprint density at radius 3 is 1.32 bits per heavy atom. The fraction of sp³-hybridized carbons (Fsp3) is 0. The van der Waals surface area contributed by atoms with Crippen LogP contribution in [0.15, 0.2) is 78.9 Å². The van der Waals surface area contributed by atoms with Gasteiger partial charge in [0, 0.05) is 23.3 Å². The van der Waals surface area contributed by atoms with Crippen LogP contribution in [-0.2, 0) is 0 Å². The zero-order valence-electron chi connectivity index (χ0n) is 10.3. The van der Waals surface area contributed by atoms with Crippen LogP contribution in [0.5, 0.6) is 0 Å². The molecule has 0 bridgehead atoms. The summed E-state index contributed by atoms with van der Waals surface area (Å²) < 4.78 is 0. The van der Waals surface area contributed by atoms with Crippen molar-refractivity contribution in [2.24, 2.45) is 0 Å². The predicted octanol–water partition coefficient (Wildman–Crippen LogP) is 2.37. The van der Waals surface area contributed by atoms with Crippen molar-refractivity contribution in [3.05, 3.63) is 78.9 Å². The molecule has 0 saturated carbocycles. The fourth-order valence-corrected chi connectivity index (χ4v) is 2.96. The molecule has 0 saturated heterocycles. The molecule has 0 nitrogen and oxygen atoms in total. The third-order valence-corrected chi connectivity index (χ3v) is 4.02. The molecule has 0 N–H and O–H groups in total. The summed E-state index contributed by atoms with van der Waals surface area (Å²) in [4.78, 5) is 2.61. The molecule has 2 heteroatoms. The van der Waals surface area contributed by atoms with E-state index in [0.29, 0.717) is 0 Å². The van der Waals surface area contributed by atoms with E-state index in [1.165, 1.54) is 20.9 Å². The maximum Gasteiger partial charge on any atom is 0.238 e. The van der Waals surface area contributed by atoms with Gasteiger partial charge in [0.05, 0.1) is 0 Å². The summed E-state index contributed by atoms with van der Waals surface area (Å²) in [5.74, 6) is 0. The van der Waals surface area contributed by atoms with Gasteiger partial charge < -0.3 is 17.0 Å². The lowest BCUT2D eigenvalue weighted by atomic mass is 10.2. The molecule has 0 atom stereocenters. The number of rotatable bonds is 2. The molecule has 94 valence electrons. The molecule has 2 aromatic carbocycles. The van der Waals surface area contributed by atoms with Crippen molar-refractivity contribution in [2.75, 3.05) is 0 Å². The van der Waals surface area contributed by atoms with Gasteiger partial charge in [-0.15, -0.1) is 0 Å². The van der Waals surface area contributed by atoms with Crippen molar-refractivity contribution < 1.29 is 17.0 Å².